The summed E-state index contributed by atoms with van der Waals surface area (Å²) in [6, 6.07) is 8.47. The van der Waals surface area contributed by atoms with Crippen molar-refractivity contribution >= 4 is 16.9 Å². The number of pyridine rings is 3. The van der Waals surface area contributed by atoms with Gasteiger partial charge in [0.1, 0.15) is 6.61 Å². The van der Waals surface area contributed by atoms with Crippen molar-refractivity contribution in [2.75, 3.05) is 6.79 Å². The van der Waals surface area contributed by atoms with Crippen LogP contribution in [0.3, 0.4) is 0 Å². The van der Waals surface area contributed by atoms with E-state index in [1.54, 1.807) is 35.9 Å². The van der Waals surface area contributed by atoms with E-state index in [-0.39, 0.29) is 48.6 Å². The molecule has 3 aliphatic rings. The van der Waals surface area contributed by atoms with E-state index in [9.17, 15) is 19.5 Å². The Labute approximate surface area is 202 Å². The minimum absolute atomic E-state index is 0.0613. The Morgan fingerprint density at radius 3 is 2.64 bits per heavy atom. The largest absolute Gasteiger partial charge is 0.458 e. The van der Waals surface area contributed by atoms with Crippen molar-refractivity contribution in [2.45, 2.75) is 32.1 Å². The van der Waals surface area contributed by atoms with Gasteiger partial charge < -0.3 is 28.9 Å². The number of H-pyrrole nitrogens is 1. The molecule has 0 saturated carbocycles. The number of rotatable bonds is 2. The number of ether oxygens (including phenoxy) is 3. The SMILES string of the molecule is CC[C@@]1(O)C(=O)OCc2c1cc1n(c2=O)Cc2c-1nc1cc3c(cc1c2-c1ccc(=O)[nH]c1)OCO3. The first-order valence-electron chi connectivity index (χ1n) is 11.5. The van der Waals surface area contributed by atoms with Gasteiger partial charge in [-0.15, -0.1) is 0 Å². The van der Waals surface area contributed by atoms with Crippen molar-refractivity contribution in [3.8, 4) is 34.0 Å². The average Bonchev–Trinajstić information content (AvgIpc) is 3.49. The zero-order valence-corrected chi connectivity index (χ0v) is 19.1. The van der Waals surface area contributed by atoms with Crippen molar-refractivity contribution in [2.24, 2.45) is 0 Å². The first kappa shape index (κ1) is 20.9. The average molecular weight is 485 g/mol. The molecule has 0 unspecified atom stereocenters. The van der Waals surface area contributed by atoms with Crippen LogP contribution in [0.2, 0.25) is 0 Å². The summed E-state index contributed by atoms with van der Waals surface area (Å²) in [5.41, 5.74) is 2.01. The van der Waals surface area contributed by atoms with Crippen LogP contribution in [0.15, 0.2) is 46.1 Å². The number of aromatic nitrogens is 3. The van der Waals surface area contributed by atoms with Crippen LogP contribution in [-0.4, -0.2) is 32.4 Å². The van der Waals surface area contributed by atoms with Crippen LogP contribution in [0.1, 0.15) is 30.0 Å². The number of hydrogen-bond acceptors (Lipinski definition) is 8. The van der Waals surface area contributed by atoms with Gasteiger partial charge in [0.15, 0.2) is 17.1 Å². The van der Waals surface area contributed by atoms with Gasteiger partial charge in [-0.3, -0.25) is 9.59 Å². The van der Waals surface area contributed by atoms with Crippen molar-refractivity contribution < 1.29 is 24.1 Å². The Bertz CT molecular complexity index is 1750. The molecular formula is C26H19N3O7. The van der Waals surface area contributed by atoms with Crippen LogP contribution < -0.4 is 20.6 Å². The highest BCUT2D eigenvalue weighted by Gasteiger charge is 2.45. The van der Waals surface area contributed by atoms with Crippen LogP contribution >= 0.6 is 0 Å². The van der Waals surface area contributed by atoms with Gasteiger partial charge in [-0.05, 0) is 35.7 Å². The molecule has 3 aliphatic heterocycles. The number of carbonyl (C=O) groups is 1. The van der Waals surface area contributed by atoms with Crippen LogP contribution in [0.4, 0.5) is 0 Å². The summed E-state index contributed by atoms with van der Waals surface area (Å²) in [6.07, 6.45) is 1.69. The number of esters is 1. The summed E-state index contributed by atoms with van der Waals surface area (Å²) in [7, 11) is 0. The zero-order valence-electron chi connectivity index (χ0n) is 19.1. The molecule has 3 aromatic heterocycles. The second kappa shape index (κ2) is 7.05. The van der Waals surface area contributed by atoms with E-state index in [4.69, 9.17) is 19.2 Å². The fourth-order valence-electron chi connectivity index (χ4n) is 5.37. The summed E-state index contributed by atoms with van der Waals surface area (Å²) >= 11 is 0. The number of fused-ring (bicyclic) bond motifs is 6. The lowest BCUT2D eigenvalue weighted by Crippen LogP contribution is -2.44. The van der Waals surface area contributed by atoms with Crippen LogP contribution in [0, 0.1) is 0 Å². The Morgan fingerprint density at radius 2 is 1.89 bits per heavy atom. The molecule has 1 atom stereocenters. The molecule has 0 radical (unpaired) electrons. The van der Waals surface area contributed by atoms with Crippen molar-refractivity contribution in [3.05, 3.63) is 73.9 Å². The zero-order chi connectivity index (χ0) is 24.8. The molecule has 0 aliphatic carbocycles. The van der Waals surface area contributed by atoms with Gasteiger partial charge in [0.25, 0.3) is 5.56 Å². The molecule has 2 N–H and O–H groups in total. The molecule has 1 aromatic carbocycles. The standard InChI is InChI=1S/C26H19N3O7/c1-2-26(33)16-6-18-23-14(9-29(18)24(31)15(16)10-34-25(26)32)22(12-3-4-21(30)27-8-12)13-5-19-20(36-11-35-19)7-17(13)28-23/h3-8,33H,2,9-11H2,1H3,(H,27,30)/t26-/m0/s1. The Kier molecular flexibility index (Phi) is 4.09. The van der Waals surface area contributed by atoms with Crippen molar-refractivity contribution in [1.29, 1.82) is 0 Å². The summed E-state index contributed by atoms with van der Waals surface area (Å²) < 4.78 is 17.9. The topological polar surface area (TPSA) is 133 Å². The Balaban J connectivity index is 1.56. The first-order valence-corrected chi connectivity index (χ1v) is 11.5. The normalized spacial score (nSPS) is 19.1. The monoisotopic (exact) mass is 485 g/mol. The molecule has 4 aromatic rings. The summed E-state index contributed by atoms with van der Waals surface area (Å²) in [5, 5.41) is 11.9. The van der Waals surface area contributed by atoms with E-state index in [1.807, 2.05) is 6.07 Å². The fourth-order valence-corrected chi connectivity index (χ4v) is 5.37. The third-order valence-corrected chi connectivity index (χ3v) is 7.25. The third-order valence-electron chi connectivity index (χ3n) is 7.25. The number of aromatic amines is 1. The van der Waals surface area contributed by atoms with Gasteiger partial charge in [-0.1, -0.05) is 6.92 Å². The van der Waals surface area contributed by atoms with Gasteiger partial charge in [0.2, 0.25) is 12.4 Å². The Hall–Kier alpha value is -4.44. The van der Waals surface area contributed by atoms with Gasteiger partial charge in [0, 0.05) is 34.8 Å². The molecule has 10 nitrogen and oxygen atoms in total. The third kappa shape index (κ3) is 2.64. The molecule has 10 heteroatoms. The number of benzene rings is 1. The van der Waals surface area contributed by atoms with Gasteiger partial charge in [-0.25, -0.2) is 9.78 Å². The minimum atomic E-state index is -1.91. The number of cyclic esters (lactones) is 1. The van der Waals surface area contributed by atoms with Gasteiger partial charge in [0.05, 0.1) is 29.0 Å². The van der Waals surface area contributed by atoms with Crippen molar-refractivity contribution in [3.63, 3.8) is 0 Å². The van der Waals surface area contributed by atoms with E-state index in [0.29, 0.717) is 28.4 Å². The van der Waals surface area contributed by atoms with Crippen molar-refractivity contribution in [1.82, 2.24) is 14.5 Å². The van der Waals surface area contributed by atoms with Crippen LogP contribution in [0.25, 0.3) is 33.4 Å². The molecule has 0 bridgehead atoms. The maximum absolute atomic E-state index is 13.6. The molecule has 0 amide bonds. The molecule has 0 saturated heterocycles. The minimum Gasteiger partial charge on any atom is -0.458 e. The van der Waals surface area contributed by atoms with E-state index in [1.165, 1.54) is 6.07 Å². The number of aliphatic hydroxyl groups is 1. The molecule has 0 spiro atoms. The first-order chi connectivity index (χ1) is 17.4. The van der Waals surface area contributed by atoms with E-state index in [2.05, 4.69) is 4.98 Å². The van der Waals surface area contributed by atoms with E-state index >= 15 is 0 Å². The maximum atomic E-state index is 13.6. The number of carbonyl (C=O) groups excluding carboxylic acids is 1. The number of hydrogen-bond donors (Lipinski definition) is 2. The predicted octanol–water partition coefficient (Wildman–Crippen LogP) is 2.16. The number of nitrogens with one attached hydrogen (secondary N) is 1. The van der Waals surface area contributed by atoms with E-state index < -0.39 is 11.6 Å². The second-order valence-electron chi connectivity index (χ2n) is 9.08. The fraction of sp³-hybridized carbons (Fsp3) is 0.231. The highest BCUT2D eigenvalue weighted by molar-refractivity contribution is 6.01. The maximum Gasteiger partial charge on any atom is 0.343 e. The highest BCUT2D eigenvalue weighted by Crippen LogP contribution is 2.45. The Morgan fingerprint density at radius 1 is 1.08 bits per heavy atom. The molecule has 7 rings (SSSR count). The van der Waals surface area contributed by atoms with Crippen LogP contribution in [0.5, 0.6) is 11.5 Å². The summed E-state index contributed by atoms with van der Waals surface area (Å²) in [6.45, 7) is 1.80. The lowest BCUT2D eigenvalue weighted by Gasteiger charge is -2.31. The van der Waals surface area contributed by atoms with E-state index in [0.717, 1.165) is 22.1 Å². The molecule has 180 valence electrons. The highest BCUT2D eigenvalue weighted by atomic mass is 16.7. The lowest BCUT2D eigenvalue weighted by atomic mass is 9.86. The summed E-state index contributed by atoms with van der Waals surface area (Å²) in [4.78, 5) is 45.4. The lowest BCUT2D eigenvalue weighted by molar-refractivity contribution is -0.172. The molecule has 6 heterocycles. The summed E-state index contributed by atoms with van der Waals surface area (Å²) in [5.74, 6) is 0.376. The molecule has 0 fully saturated rings. The van der Waals surface area contributed by atoms with Gasteiger partial charge in [-0.2, -0.15) is 0 Å². The predicted molar refractivity (Wildman–Crippen MR) is 127 cm³/mol. The second-order valence-corrected chi connectivity index (χ2v) is 9.08. The molecule has 36 heavy (non-hydrogen) atoms. The van der Waals surface area contributed by atoms with Crippen LogP contribution in [-0.2, 0) is 28.3 Å². The molecular weight excluding hydrogens is 466 g/mol. The van der Waals surface area contributed by atoms with Gasteiger partial charge >= 0.3 is 5.97 Å². The smallest absolute Gasteiger partial charge is 0.343 e. The number of nitrogens with zero attached hydrogens (tertiary/aromatic N) is 2. The quantitative estimate of drug-likeness (QED) is 0.364.